The zero-order valence-corrected chi connectivity index (χ0v) is 15.7. The van der Waals surface area contributed by atoms with E-state index in [9.17, 15) is 9.59 Å². The Bertz CT molecular complexity index is 759. The van der Waals surface area contributed by atoms with Crippen molar-refractivity contribution >= 4 is 35.0 Å². The van der Waals surface area contributed by atoms with Gasteiger partial charge in [-0.3, -0.25) is 9.59 Å². The SMILES string of the molecule is CCCC(=O)Nc1cccc(SCC(=O)Nc2ccc(C)cc2C)c1. The maximum atomic E-state index is 12.2. The first-order chi connectivity index (χ1) is 12.0. The van der Waals surface area contributed by atoms with E-state index < -0.39 is 0 Å². The van der Waals surface area contributed by atoms with Crippen LogP contribution in [0.5, 0.6) is 0 Å². The number of benzene rings is 2. The summed E-state index contributed by atoms with van der Waals surface area (Å²) in [6.45, 7) is 5.99. The smallest absolute Gasteiger partial charge is 0.234 e. The molecule has 0 fully saturated rings. The Morgan fingerprint density at radius 2 is 1.80 bits per heavy atom. The summed E-state index contributed by atoms with van der Waals surface area (Å²) in [7, 11) is 0. The van der Waals surface area contributed by atoms with Gasteiger partial charge in [0.15, 0.2) is 0 Å². The van der Waals surface area contributed by atoms with Gasteiger partial charge >= 0.3 is 0 Å². The average Bonchev–Trinajstić information content (AvgIpc) is 2.56. The highest BCUT2D eigenvalue weighted by Gasteiger charge is 2.07. The third kappa shape index (κ3) is 6.27. The van der Waals surface area contributed by atoms with Gasteiger partial charge in [-0.2, -0.15) is 0 Å². The fourth-order valence-electron chi connectivity index (χ4n) is 2.40. The summed E-state index contributed by atoms with van der Waals surface area (Å²) >= 11 is 1.45. The molecule has 0 unspecified atom stereocenters. The van der Waals surface area contributed by atoms with Gasteiger partial charge in [0, 0.05) is 22.7 Å². The summed E-state index contributed by atoms with van der Waals surface area (Å²) in [5.74, 6) is 0.286. The summed E-state index contributed by atoms with van der Waals surface area (Å²) in [6.07, 6.45) is 1.33. The number of nitrogens with one attached hydrogen (secondary N) is 2. The minimum atomic E-state index is -0.0441. The highest BCUT2D eigenvalue weighted by molar-refractivity contribution is 8.00. The zero-order chi connectivity index (χ0) is 18.2. The van der Waals surface area contributed by atoms with Crippen LogP contribution in [0.4, 0.5) is 11.4 Å². The fourth-order valence-corrected chi connectivity index (χ4v) is 3.16. The molecule has 0 aliphatic heterocycles. The van der Waals surface area contributed by atoms with Crippen molar-refractivity contribution in [1.82, 2.24) is 0 Å². The summed E-state index contributed by atoms with van der Waals surface area (Å²) in [5.41, 5.74) is 3.83. The van der Waals surface area contributed by atoms with E-state index in [1.165, 1.54) is 17.3 Å². The van der Waals surface area contributed by atoms with E-state index in [0.29, 0.717) is 12.2 Å². The van der Waals surface area contributed by atoms with Crippen LogP contribution < -0.4 is 10.6 Å². The minimum Gasteiger partial charge on any atom is -0.326 e. The van der Waals surface area contributed by atoms with Gasteiger partial charge in [0.25, 0.3) is 0 Å². The molecule has 2 rings (SSSR count). The van der Waals surface area contributed by atoms with Crippen molar-refractivity contribution < 1.29 is 9.59 Å². The molecule has 4 nitrogen and oxygen atoms in total. The van der Waals surface area contributed by atoms with E-state index in [1.54, 1.807) is 0 Å². The average molecular weight is 356 g/mol. The summed E-state index contributed by atoms with van der Waals surface area (Å²) < 4.78 is 0. The van der Waals surface area contributed by atoms with Crippen molar-refractivity contribution in [3.05, 3.63) is 53.6 Å². The lowest BCUT2D eigenvalue weighted by Gasteiger charge is -2.10. The first-order valence-corrected chi connectivity index (χ1v) is 9.36. The number of thioether (sulfide) groups is 1. The van der Waals surface area contributed by atoms with E-state index in [-0.39, 0.29) is 11.8 Å². The predicted molar refractivity (Wildman–Crippen MR) is 105 cm³/mol. The molecule has 25 heavy (non-hydrogen) atoms. The first kappa shape index (κ1) is 19.1. The van der Waals surface area contributed by atoms with Gasteiger partial charge in [0.1, 0.15) is 0 Å². The number of anilines is 2. The van der Waals surface area contributed by atoms with Crippen LogP contribution in [0.25, 0.3) is 0 Å². The second-order valence-corrected chi connectivity index (χ2v) is 7.03. The molecule has 0 saturated heterocycles. The Kier molecular flexibility index (Phi) is 7.07. The number of carbonyl (C=O) groups is 2. The normalized spacial score (nSPS) is 10.4. The Labute approximate surface area is 153 Å². The molecule has 132 valence electrons. The van der Waals surface area contributed by atoms with Crippen LogP contribution in [-0.2, 0) is 9.59 Å². The highest BCUT2D eigenvalue weighted by Crippen LogP contribution is 2.23. The second kappa shape index (κ2) is 9.28. The molecule has 2 aromatic carbocycles. The molecule has 2 N–H and O–H groups in total. The van der Waals surface area contributed by atoms with Crippen molar-refractivity contribution in [3.63, 3.8) is 0 Å². The Balaban J connectivity index is 1.90. The Morgan fingerprint density at radius 1 is 1.00 bits per heavy atom. The van der Waals surface area contributed by atoms with Gasteiger partial charge in [-0.1, -0.05) is 30.7 Å². The monoisotopic (exact) mass is 356 g/mol. The van der Waals surface area contributed by atoms with Gasteiger partial charge in [0.05, 0.1) is 5.75 Å². The molecule has 0 atom stereocenters. The number of hydrogen-bond donors (Lipinski definition) is 2. The zero-order valence-electron chi connectivity index (χ0n) is 14.9. The molecule has 0 aliphatic rings. The maximum absolute atomic E-state index is 12.2. The van der Waals surface area contributed by atoms with E-state index >= 15 is 0 Å². The van der Waals surface area contributed by atoms with E-state index in [4.69, 9.17) is 0 Å². The van der Waals surface area contributed by atoms with Crippen LogP contribution in [-0.4, -0.2) is 17.6 Å². The lowest BCUT2D eigenvalue weighted by molar-refractivity contribution is -0.116. The van der Waals surface area contributed by atoms with Crippen LogP contribution >= 0.6 is 11.8 Å². The third-order valence-electron chi connectivity index (χ3n) is 3.62. The molecular formula is C20H24N2O2S. The van der Waals surface area contributed by atoms with Gasteiger partial charge in [-0.25, -0.2) is 0 Å². The molecule has 2 aromatic rings. The third-order valence-corrected chi connectivity index (χ3v) is 4.61. The Hall–Kier alpha value is -2.27. The number of carbonyl (C=O) groups excluding carboxylic acids is 2. The molecule has 0 bridgehead atoms. The van der Waals surface area contributed by atoms with Gasteiger partial charge in [-0.15, -0.1) is 11.8 Å². The van der Waals surface area contributed by atoms with Crippen LogP contribution in [0.3, 0.4) is 0 Å². The quantitative estimate of drug-likeness (QED) is 0.702. The first-order valence-electron chi connectivity index (χ1n) is 8.37. The molecule has 5 heteroatoms. The lowest BCUT2D eigenvalue weighted by atomic mass is 10.1. The number of aryl methyl sites for hydroxylation is 2. The van der Waals surface area contributed by atoms with Crippen molar-refractivity contribution in [2.75, 3.05) is 16.4 Å². The van der Waals surface area contributed by atoms with Crippen molar-refractivity contribution in [1.29, 1.82) is 0 Å². The molecule has 2 amide bonds. The Morgan fingerprint density at radius 3 is 2.52 bits per heavy atom. The molecule has 0 aliphatic carbocycles. The maximum Gasteiger partial charge on any atom is 0.234 e. The van der Waals surface area contributed by atoms with Crippen molar-refractivity contribution in [3.8, 4) is 0 Å². The van der Waals surface area contributed by atoms with Gasteiger partial charge in [-0.05, 0) is 50.1 Å². The number of hydrogen-bond acceptors (Lipinski definition) is 3. The van der Waals surface area contributed by atoms with Crippen LogP contribution in [0.15, 0.2) is 47.4 Å². The van der Waals surface area contributed by atoms with Gasteiger partial charge in [0.2, 0.25) is 11.8 Å². The molecule has 0 spiro atoms. The van der Waals surface area contributed by atoms with Crippen molar-refractivity contribution in [2.45, 2.75) is 38.5 Å². The fraction of sp³-hybridized carbons (Fsp3) is 0.300. The topological polar surface area (TPSA) is 58.2 Å². The minimum absolute atomic E-state index is 0.0113. The second-order valence-electron chi connectivity index (χ2n) is 5.98. The summed E-state index contributed by atoms with van der Waals surface area (Å²) in [6, 6.07) is 13.5. The molecular weight excluding hydrogens is 332 g/mol. The summed E-state index contributed by atoms with van der Waals surface area (Å²) in [5, 5.41) is 5.81. The van der Waals surface area contributed by atoms with E-state index in [1.807, 2.05) is 63.2 Å². The number of amides is 2. The van der Waals surface area contributed by atoms with Crippen molar-refractivity contribution in [2.24, 2.45) is 0 Å². The van der Waals surface area contributed by atoms with Crippen LogP contribution in [0.1, 0.15) is 30.9 Å². The molecule has 0 saturated carbocycles. The summed E-state index contributed by atoms with van der Waals surface area (Å²) in [4.78, 5) is 24.8. The highest BCUT2D eigenvalue weighted by atomic mass is 32.2. The predicted octanol–water partition coefficient (Wildman–Crippen LogP) is 4.77. The molecule has 0 aromatic heterocycles. The largest absolute Gasteiger partial charge is 0.326 e. The van der Waals surface area contributed by atoms with Crippen LogP contribution in [0.2, 0.25) is 0 Å². The lowest BCUT2D eigenvalue weighted by Crippen LogP contribution is -2.15. The van der Waals surface area contributed by atoms with Gasteiger partial charge < -0.3 is 10.6 Å². The standard InChI is InChI=1S/C20H24N2O2S/c1-4-6-19(23)21-16-7-5-8-17(12-16)25-13-20(24)22-18-10-9-14(2)11-15(18)3/h5,7-12H,4,6,13H2,1-3H3,(H,21,23)(H,22,24). The van der Waals surface area contributed by atoms with Crippen LogP contribution in [0, 0.1) is 13.8 Å². The molecule has 0 heterocycles. The molecule has 0 radical (unpaired) electrons. The van der Waals surface area contributed by atoms with E-state index in [0.717, 1.165) is 28.3 Å². The number of rotatable bonds is 7. The van der Waals surface area contributed by atoms with E-state index in [2.05, 4.69) is 10.6 Å².